The van der Waals surface area contributed by atoms with E-state index < -0.39 is 0 Å². The van der Waals surface area contributed by atoms with Gasteiger partial charge in [-0.05, 0) is 87.4 Å². The van der Waals surface area contributed by atoms with E-state index >= 15 is 0 Å². The minimum atomic E-state index is -0.228. The average Bonchev–Trinajstić information content (AvgIpc) is 3.21. The number of Topliss-reactive ketones (excluding diaryl/α,β-unsaturated/α-hetero) is 1. The van der Waals surface area contributed by atoms with Crippen LogP contribution in [-0.4, -0.2) is 23.0 Å². The molecule has 0 heterocycles. The smallest absolute Gasteiger partial charge is 0.197 e. The number of aldehydes is 1. The highest BCUT2D eigenvalue weighted by atomic mass is 16.3. The summed E-state index contributed by atoms with van der Waals surface area (Å²) in [7, 11) is 0. The van der Waals surface area contributed by atoms with Crippen LogP contribution in [0.4, 0.5) is 0 Å². The van der Waals surface area contributed by atoms with Crippen LogP contribution in [0, 0.1) is 5.41 Å². The molecule has 0 radical (unpaired) electrons. The Morgan fingerprint density at radius 1 is 0.833 bits per heavy atom. The molecule has 0 aromatic heterocycles. The first-order valence-corrected chi connectivity index (χ1v) is 14.0. The first-order valence-electron chi connectivity index (χ1n) is 14.0. The molecule has 1 N–H and O–H groups in total. The first kappa shape index (κ1) is 27.1. The molecule has 0 spiro atoms. The lowest BCUT2D eigenvalue weighted by Gasteiger charge is -2.30. The minimum absolute atomic E-state index is 0.00766. The first-order chi connectivity index (χ1) is 20.2. The molecule has 0 bridgehead atoms. The molecule has 0 aliphatic heterocycles. The molecule has 0 amide bonds. The van der Waals surface area contributed by atoms with Crippen LogP contribution < -0.4 is 0 Å². The van der Waals surface area contributed by atoms with Crippen molar-refractivity contribution in [2.45, 2.75) is 26.7 Å². The summed E-state index contributed by atoms with van der Waals surface area (Å²) in [5.41, 5.74) is 4.18. The van der Waals surface area contributed by atoms with Crippen LogP contribution in [0.3, 0.4) is 0 Å². The molecule has 4 heteroatoms. The molecule has 0 atom stereocenters. The summed E-state index contributed by atoms with van der Waals surface area (Å²) in [5, 5.41) is 14.7. The molecule has 4 aromatic carbocycles. The maximum absolute atomic E-state index is 13.2. The van der Waals surface area contributed by atoms with Crippen molar-refractivity contribution in [2.75, 3.05) is 0 Å². The van der Waals surface area contributed by atoms with Crippen molar-refractivity contribution >= 4 is 45.2 Å². The Balaban J connectivity index is 1.25. The molecule has 206 valence electrons. The lowest BCUT2D eigenvalue weighted by molar-refractivity contribution is 0.103. The molecular formula is C38H30O4. The van der Waals surface area contributed by atoms with Gasteiger partial charge in [-0.2, -0.15) is 0 Å². The van der Waals surface area contributed by atoms with E-state index in [4.69, 9.17) is 0 Å². The second-order valence-electron chi connectivity index (χ2n) is 11.8. The second kappa shape index (κ2) is 10.7. The van der Waals surface area contributed by atoms with E-state index in [0.29, 0.717) is 27.8 Å². The maximum atomic E-state index is 13.2. The van der Waals surface area contributed by atoms with Crippen molar-refractivity contribution < 1.29 is 19.5 Å². The van der Waals surface area contributed by atoms with E-state index in [2.05, 4.69) is 19.9 Å². The van der Waals surface area contributed by atoms with Gasteiger partial charge in [-0.1, -0.05) is 86.7 Å². The number of hydrogen-bond donors (Lipinski definition) is 1. The van der Waals surface area contributed by atoms with E-state index in [1.807, 2.05) is 72.8 Å². The summed E-state index contributed by atoms with van der Waals surface area (Å²) in [6.07, 6.45) is 13.2. The number of aliphatic hydroxyl groups is 1. The van der Waals surface area contributed by atoms with E-state index in [0.717, 1.165) is 51.8 Å². The largest absolute Gasteiger partial charge is 0.507 e. The number of carbonyl (C=O) groups excluding carboxylic acids is 3. The van der Waals surface area contributed by atoms with E-state index in [1.165, 1.54) is 6.08 Å². The van der Waals surface area contributed by atoms with Gasteiger partial charge in [0.1, 0.15) is 5.76 Å². The van der Waals surface area contributed by atoms with Crippen molar-refractivity contribution in [3.8, 4) is 0 Å². The van der Waals surface area contributed by atoms with Gasteiger partial charge in [0.15, 0.2) is 17.9 Å². The number of rotatable bonds is 6. The van der Waals surface area contributed by atoms with Gasteiger partial charge in [-0.3, -0.25) is 14.4 Å². The van der Waals surface area contributed by atoms with Crippen LogP contribution in [0.15, 0.2) is 126 Å². The Kier molecular flexibility index (Phi) is 6.91. The molecule has 42 heavy (non-hydrogen) atoms. The van der Waals surface area contributed by atoms with E-state index in [-0.39, 0.29) is 22.7 Å². The molecule has 0 fully saturated rings. The monoisotopic (exact) mass is 550 g/mol. The molecular weight excluding hydrogens is 520 g/mol. The number of allylic oxidation sites excluding steroid dienone is 9. The number of aliphatic hydroxyl groups excluding tert-OH is 1. The standard InChI is InChI=1S/C38H30O4/c1-38(2)21-24(8-7-13-35(40)32-18-27-10-4-3-9-26(27)17-30(32)23-39)16-25(22-38)14-15-31-36(41)33-19-28-11-5-6-12-29(28)20-34(33)37(31)42/h3-20,23,41H,21-22H2,1-2H3/b13-7+,15-14+,24-8-. The number of ketones is 2. The Labute approximate surface area is 244 Å². The Hall–Kier alpha value is -5.09. The van der Waals surface area contributed by atoms with Crippen LogP contribution in [0.5, 0.6) is 0 Å². The molecule has 0 saturated heterocycles. The molecule has 0 saturated carbocycles. The third-order valence-corrected chi connectivity index (χ3v) is 7.95. The number of hydrogen-bond acceptors (Lipinski definition) is 4. The summed E-state index contributed by atoms with van der Waals surface area (Å²) in [6.45, 7) is 4.36. The van der Waals surface area contributed by atoms with Crippen LogP contribution in [0.25, 0.3) is 27.3 Å². The molecule has 4 aromatic rings. The van der Waals surface area contributed by atoms with Gasteiger partial charge in [-0.25, -0.2) is 0 Å². The number of carbonyl (C=O) groups is 3. The van der Waals surface area contributed by atoms with E-state index in [1.54, 1.807) is 24.3 Å². The van der Waals surface area contributed by atoms with Crippen LogP contribution in [0.1, 0.15) is 63.3 Å². The van der Waals surface area contributed by atoms with Crippen molar-refractivity contribution in [3.05, 3.63) is 148 Å². The summed E-state index contributed by atoms with van der Waals surface area (Å²) < 4.78 is 0. The third kappa shape index (κ3) is 5.19. The molecule has 2 aliphatic rings. The zero-order valence-corrected chi connectivity index (χ0v) is 23.6. The third-order valence-electron chi connectivity index (χ3n) is 7.95. The Morgan fingerprint density at radius 3 is 2.12 bits per heavy atom. The highest BCUT2D eigenvalue weighted by Crippen LogP contribution is 2.40. The fourth-order valence-electron chi connectivity index (χ4n) is 6.01. The lowest BCUT2D eigenvalue weighted by atomic mass is 9.75. The van der Waals surface area contributed by atoms with Crippen molar-refractivity contribution in [3.63, 3.8) is 0 Å². The molecule has 2 aliphatic carbocycles. The molecule has 0 unspecified atom stereocenters. The van der Waals surface area contributed by atoms with E-state index in [9.17, 15) is 19.5 Å². The zero-order chi connectivity index (χ0) is 29.4. The Morgan fingerprint density at radius 2 is 1.45 bits per heavy atom. The van der Waals surface area contributed by atoms with Crippen molar-refractivity contribution in [2.24, 2.45) is 5.41 Å². The predicted octanol–water partition coefficient (Wildman–Crippen LogP) is 8.94. The van der Waals surface area contributed by atoms with Crippen molar-refractivity contribution in [1.29, 1.82) is 0 Å². The highest BCUT2D eigenvalue weighted by Gasteiger charge is 2.29. The fraction of sp³-hybridized carbons (Fsp3) is 0.132. The topological polar surface area (TPSA) is 71.4 Å². The zero-order valence-electron chi connectivity index (χ0n) is 23.6. The summed E-state index contributed by atoms with van der Waals surface area (Å²) >= 11 is 0. The average molecular weight is 551 g/mol. The predicted molar refractivity (Wildman–Crippen MR) is 169 cm³/mol. The molecule has 4 nitrogen and oxygen atoms in total. The quantitative estimate of drug-likeness (QED) is 0.148. The summed E-state index contributed by atoms with van der Waals surface area (Å²) in [4.78, 5) is 37.9. The van der Waals surface area contributed by atoms with Gasteiger partial charge in [0.2, 0.25) is 0 Å². The minimum Gasteiger partial charge on any atom is -0.507 e. The van der Waals surface area contributed by atoms with Gasteiger partial charge in [-0.15, -0.1) is 0 Å². The Bertz CT molecular complexity index is 1960. The number of benzene rings is 4. The van der Waals surface area contributed by atoms with Crippen LogP contribution in [-0.2, 0) is 0 Å². The SMILES string of the molecule is CC1(C)CC(/C=C/C2=C(O)c3cc4ccccc4cc3C2=O)=CC(=C/C=C/C(=O)c2cc3ccccc3cc2C=O)/C1. The summed E-state index contributed by atoms with van der Waals surface area (Å²) in [5.74, 6) is -0.401. The maximum Gasteiger partial charge on any atom is 0.197 e. The second-order valence-corrected chi connectivity index (χ2v) is 11.8. The normalized spacial score (nSPS) is 17.5. The van der Waals surface area contributed by atoms with Crippen LogP contribution in [0.2, 0.25) is 0 Å². The summed E-state index contributed by atoms with van der Waals surface area (Å²) in [6, 6.07) is 22.7. The van der Waals surface area contributed by atoms with Gasteiger partial charge >= 0.3 is 0 Å². The lowest BCUT2D eigenvalue weighted by Crippen LogP contribution is -2.16. The highest BCUT2D eigenvalue weighted by molar-refractivity contribution is 6.22. The van der Waals surface area contributed by atoms with Gasteiger partial charge < -0.3 is 5.11 Å². The van der Waals surface area contributed by atoms with Crippen LogP contribution >= 0.6 is 0 Å². The van der Waals surface area contributed by atoms with Gasteiger partial charge in [0.25, 0.3) is 0 Å². The van der Waals surface area contributed by atoms with Gasteiger partial charge in [0.05, 0.1) is 5.57 Å². The fourth-order valence-corrected chi connectivity index (χ4v) is 6.01. The molecule has 6 rings (SSSR count). The van der Waals surface area contributed by atoms with Gasteiger partial charge in [0, 0.05) is 22.3 Å². The van der Waals surface area contributed by atoms with Crippen molar-refractivity contribution in [1.82, 2.24) is 0 Å². The number of fused-ring (bicyclic) bond motifs is 3.